The highest BCUT2D eigenvalue weighted by Crippen LogP contribution is 2.37. The number of hydrogen-bond donors (Lipinski definition) is 1. The molecule has 114 valence electrons. The van der Waals surface area contributed by atoms with E-state index in [1.807, 2.05) is 12.5 Å². The summed E-state index contributed by atoms with van der Waals surface area (Å²) in [6.07, 6.45) is 7.73. The van der Waals surface area contributed by atoms with E-state index in [-0.39, 0.29) is 0 Å². The van der Waals surface area contributed by atoms with Gasteiger partial charge in [-0.15, -0.1) is 0 Å². The van der Waals surface area contributed by atoms with Crippen LogP contribution in [0.1, 0.15) is 44.0 Å². The Morgan fingerprint density at radius 3 is 2.70 bits per heavy atom. The van der Waals surface area contributed by atoms with E-state index >= 15 is 0 Å². The summed E-state index contributed by atoms with van der Waals surface area (Å²) in [5, 5.41) is 0. The summed E-state index contributed by atoms with van der Waals surface area (Å²) in [5.74, 6) is 0. The fourth-order valence-corrected chi connectivity index (χ4v) is 2.81. The van der Waals surface area contributed by atoms with Crippen molar-refractivity contribution in [2.75, 3.05) is 40.3 Å². The summed E-state index contributed by atoms with van der Waals surface area (Å²) in [5.41, 5.74) is 7.36. The Balaban J connectivity index is 2.02. The molecule has 20 heavy (non-hydrogen) atoms. The van der Waals surface area contributed by atoms with E-state index in [0.29, 0.717) is 18.6 Å². The summed E-state index contributed by atoms with van der Waals surface area (Å²) in [6, 6.07) is 0.965. The molecule has 1 atom stereocenters. The third-order valence-electron chi connectivity index (χ3n) is 4.10. The van der Waals surface area contributed by atoms with Gasteiger partial charge in [0.2, 0.25) is 0 Å². The van der Waals surface area contributed by atoms with Crippen molar-refractivity contribution >= 4 is 0 Å². The second-order valence-corrected chi connectivity index (χ2v) is 5.99. The van der Waals surface area contributed by atoms with E-state index in [9.17, 15) is 0 Å². The van der Waals surface area contributed by atoms with Crippen LogP contribution in [-0.4, -0.2) is 59.6 Å². The van der Waals surface area contributed by atoms with Gasteiger partial charge < -0.3 is 15.2 Å². The molecule has 0 radical (unpaired) electrons. The first-order valence-corrected chi connectivity index (χ1v) is 7.78. The minimum absolute atomic E-state index is 0.297. The fraction of sp³-hybridized carbons (Fsp3) is 0.800. The third kappa shape index (κ3) is 3.81. The number of aromatic nitrogens is 2. The van der Waals surface area contributed by atoms with E-state index in [1.165, 1.54) is 25.0 Å². The Hall–Kier alpha value is -0.910. The minimum atomic E-state index is 0.297. The maximum atomic E-state index is 6.07. The van der Waals surface area contributed by atoms with Crippen LogP contribution in [0.3, 0.4) is 0 Å². The SMILES string of the molecule is CCN(CCCN(C)C)C(CN)c1cncn1C1CC1. The van der Waals surface area contributed by atoms with Crippen molar-refractivity contribution in [1.82, 2.24) is 19.4 Å². The predicted molar refractivity (Wildman–Crippen MR) is 82.7 cm³/mol. The number of nitrogens with zero attached hydrogens (tertiary/aromatic N) is 4. The topological polar surface area (TPSA) is 50.3 Å². The van der Waals surface area contributed by atoms with Crippen LogP contribution < -0.4 is 5.73 Å². The second kappa shape index (κ2) is 7.20. The number of imidazole rings is 1. The first-order valence-electron chi connectivity index (χ1n) is 7.78. The maximum Gasteiger partial charge on any atom is 0.0951 e. The van der Waals surface area contributed by atoms with Gasteiger partial charge in [0.25, 0.3) is 0 Å². The average molecular weight is 279 g/mol. The second-order valence-electron chi connectivity index (χ2n) is 5.99. The molecule has 1 saturated carbocycles. The average Bonchev–Trinajstić information content (AvgIpc) is 3.16. The molecule has 2 rings (SSSR count). The standard InChI is InChI=1S/C15H29N5/c1-4-19(9-5-8-18(2)3)14(10-16)15-11-17-12-20(15)13-6-7-13/h11-14H,4-10,16H2,1-3H3. The van der Waals surface area contributed by atoms with E-state index in [1.54, 1.807) is 0 Å². The van der Waals surface area contributed by atoms with Gasteiger partial charge in [0.1, 0.15) is 0 Å². The number of hydrogen-bond acceptors (Lipinski definition) is 4. The highest BCUT2D eigenvalue weighted by molar-refractivity contribution is 5.10. The predicted octanol–water partition coefficient (Wildman–Crippen LogP) is 1.49. The Morgan fingerprint density at radius 2 is 2.15 bits per heavy atom. The summed E-state index contributed by atoms with van der Waals surface area (Å²) in [6.45, 7) is 6.12. The van der Waals surface area contributed by atoms with Gasteiger partial charge in [-0.25, -0.2) is 4.98 Å². The van der Waals surface area contributed by atoms with Crippen LogP contribution in [0.4, 0.5) is 0 Å². The van der Waals surface area contributed by atoms with Crippen molar-refractivity contribution in [3.05, 3.63) is 18.2 Å². The Morgan fingerprint density at radius 1 is 1.40 bits per heavy atom. The third-order valence-corrected chi connectivity index (χ3v) is 4.10. The molecule has 1 unspecified atom stereocenters. The minimum Gasteiger partial charge on any atom is -0.330 e. The molecule has 2 N–H and O–H groups in total. The molecule has 0 bridgehead atoms. The molecule has 0 saturated heterocycles. The van der Waals surface area contributed by atoms with Gasteiger partial charge in [-0.3, -0.25) is 4.90 Å². The molecular weight excluding hydrogens is 250 g/mol. The summed E-state index contributed by atoms with van der Waals surface area (Å²) >= 11 is 0. The molecule has 0 amide bonds. The van der Waals surface area contributed by atoms with Crippen molar-refractivity contribution in [3.8, 4) is 0 Å². The zero-order valence-electron chi connectivity index (χ0n) is 13.1. The fourth-order valence-electron chi connectivity index (χ4n) is 2.81. The lowest BCUT2D eigenvalue weighted by Crippen LogP contribution is -2.36. The first-order chi connectivity index (χ1) is 9.67. The molecule has 5 heteroatoms. The number of nitrogens with two attached hydrogens (primary N) is 1. The van der Waals surface area contributed by atoms with Crippen LogP contribution in [0.2, 0.25) is 0 Å². The molecule has 0 aliphatic heterocycles. The van der Waals surface area contributed by atoms with Crippen LogP contribution in [0.15, 0.2) is 12.5 Å². The van der Waals surface area contributed by atoms with Gasteiger partial charge in [-0.05, 0) is 46.4 Å². The van der Waals surface area contributed by atoms with Gasteiger partial charge in [-0.1, -0.05) is 6.92 Å². The quantitative estimate of drug-likeness (QED) is 0.744. The summed E-state index contributed by atoms with van der Waals surface area (Å²) in [4.78, 5) is 9.07. The Bertz CT molecular complexity index is 397. The van der Waals surface area contributed by atoms with Gasteiger partial charge >= 0.3 is 0 Å². The first kappa shape index (κ1) is 15.5. The monoisotopic (exact) mass is 279 g/mol. The Labute approximate surface area is 122 Å². The van der Waals surface area contributed by atoms with Crippen molar-refractivity contribution in [1.29, 1.82) is 0 Å². The number of rotatable bonds is 9. The molecule has 5 nitrogen and oxygen atoms in total. The van der Waals surface area contributed by atoms with Crippen LogP contribution in [0.25, 0.3) is 0 Å². The van der Waals surface area contributed by atoms with E-state index in [0.717, 1.165) is 19.6 Å². The molecule has 1 heterocycles. The van der Waals surface area contributed by atoms with Crippen molar-refractivity contribution in [3.63, 3.8) is 0 Å². The highest BCUT2D eigenvalue weighted by atomic mass is 15.2. The molecule has 1 aromatic rings. The van der Waals surface area contributed by atoms with Crippen LogP contribution in [-0.2, 0) is 0 Å². The van der Waals surface area contributed by atoms with Crippen molar-refractivity contribution < 1.29 is 0 Å². The summed E-state index contributed by atoms with van der Waals surface area (Å²) in [7, 11) is 4.25. The van der Waals surface area contributed by atoms with Gasteiger partial charge in [0.15, 0.2) is 0 Å². The molecule has 1 fully saturated rings. The van der Waals surface area contributed by atoms with Crippen molar-refractivity contribution in [2.45, 2.75) is 38.3 Å². The van der Waals surface area contributed by atoms with Crippen molar-refractivity contribution in [2.24, 2.45) is 5.73 Å². The maximum absolute atomic E-state index is 6.07. The van der Waals surface area contributed by atoms with Crippen LogP contribution in [0, 0.1) is 0 Å². The Kier molecular flexibility index (Phi) is 5.57. The van der Waals surface area contributed by atoms with E-state index < -0.39 is 0 Å². The van der Waals surface area contributed by atoms with Crippen LogP contribution >= 0.6 is 0 Å². The molecule has 0 spiro atoms. The highest BCUT2D eigenvalue weighted by Gasteiger charge is 2.29. The normalized spacial score (nSPS) is 17.1. The molecule has 1 aliphatic carbocycles. The van der Waals surface area contributed by atoms with Gasteiger partial charge in [0, 0.05) is 25.3 Å². The zero-order valence-corrected chi connectivity index (χ0v) is 13.1. The largest absolute Gasteiger partial charge is 0.330 e. The lowest BCUT2D eigenvalue weighted by molar-refractivity contribution is 0.194. The van der Waals surface area contributed by atoms with Gasteiger partial charge in [-0.2, -0.15) is 0 Å². The molecular formula is C15H29N5. The molecule has 1 aliphatic rings. The van der Waals surface area contributed by atoms with E-state index in [4.69, 9.17) is 5.73 Å². The lowest BCUT2D eigenvalue weighted by Gasteiger charge is -2.30. The smallest absolute Gasteiger partial charge is 0.0951 e. The van der Waals surface area contributed by atoms with Crippen LogP contribution in [0.5, 0.6) is 0 Å². The summed E-state index contributed by atoms with van der Waals surface area (Å²) < 4.78 is 2.34. The molecule has 0 aromatic carbocycles. The zero-order chi connectivity index (χ0) is 14.5. The lowest BCUT2D eigenvalue weighted by atomic mass is 10.1. The number of likely N-dealkylation sites (N-methyl/N-ethyl adjacent to an activating group) is 1. The van der Waals surface area contributed by atoms with E-state index in [2.05, 4.69) is 40.4 Å². The molecule has 1 aromatic heterocycles. The van der Waals surface area contributed by atoms with Gasteiger partial charge in [0.05, 0.1) is 18.1 Å².